The molecule has 7 heteroatoms. The zero-order valence-corrected chi connectivity index (χ0v) is 14.4. The summed E-state index contributed by atoms with van der Waals surface area (Å²) in [7, 11) is 0. The lowest BCUT2D eigenvalue weighted by Gasteiger charge is -2.13. The fraction of sp³-hybridized carbons (Fsp3) is 0.385. The van der Waals surface area contributed by atoms with Crippen LogP contribution >= 0.6 is 31.9 Å². The van der Waals surface area contributed by atoms with Crippen molar-refractivity contribution in [3.05, 3.63) is 38.4 Å². The highest BCUT2D eigenvalue weighted by atomic mass is 79.9. The average molecular weight is 405 g/mol. The number of hydrogen-bond acceptors (Lipinski definition) is 5. The Balaban J connectivity index is 2.04. The van der Waals surface area contributed by atoms with Crippen LogP contribution in [-0.4, -0.2) is 16.7 Å². The summed E-state index contributed by atoms with van der Waals surface area (Å²) in [5.41, 5.74) is 1.06. The van der Waals surface area contributed by atoms with Crippen molar-refractivity contribution in [2.24, 2.45) is 0 Å². The molecule has 0 saturated heterocycles. The van der Waals surface area contributed by atoms with Crippen LogP contribution in [0.4, 0.5) is 0 Å². The Bertz CT molecular complexity index is 587. The molecule has 0 aliphatic heterocycles. The van der Waals surface area contributed by atoms with E-state index >= 15 is 0 Å². The second-order valence-corrected chi connectivity index (χ2v) is 5.91. The second-order valence-electron chi connectivity index (χ2n) is 4.14. The van der Waals surface area contributed by atoms with Gasteiger partial charge in [-0.1, -0.05) is 21.1 Å². The normalized spacial score (nSPS) is 10.8. The van der Waals surface area contributed by atoms with E-state index in [9.17, 15) is 0 Å². The van der Waals surface area contributed by atoms with Crippen LogP contribution in [-0.2, 0) is 13.1 Å². The van der Waals surface area contributed by atoms with E-state index in [2.05, 4.69) is 47.3 Å². The van der Waals surface area contributed by atoms with Gasteiger partial charge in [0.25, 0.3) is 0 Å². The molecule has 1 aromatic heterocycles. The van der Waals surface area contributed by atoms with Gasteiger partial charge < -0.3 is 14.6 Å². The number of rotatable bonds is 6. The number of ether oxygens (including phenoxy) is 1. The van der Waals surface area contributed by atoms with Gasteiger partial charge in [-0.3, -0.25) is 0 Å². The molecule has 0 aliphatic rings. The van der Waals surface area contributed by atoms with Crippen LogP contribution in [0.3, 0.4) is 0 Å². The third kappa shape index (κ3) is 4.04. The Labute approximate surface area is 134 Å². The monoisotopic (exact) mass is 403 g/mol. The third-order valence-corrected chi connectivity index (χ3v) is 3.59. The average Bonchev–Trinajstić information content (AvgIpc) is 2.79. The molecule has 0 unspecified atom stereocenters. The van der Waals surface area contributed by atoms with Crippen LogP contribution in [0.15, 0.2) is 25.6 Å². The number of aromatic nitrogens is 2. The van der Waals surface area contributed by atoms with Gasteiger partial charge in [-0.05, 0) is 35.0 Å². The molecule has 108 valence electrons. The molecule has 0 fully saturated rings. The van der Waals surface area contributed by atoms with Crippen LogP contribution in [0.5, 0.6) is 5.75 Å². The van der Waals surface area contributed by atoms with Gasteiger partial charge in [0, 0.05) is 23.5 Å². The van der Waals surface area contributed by atoms with Crippen molar-refractivity contribution < 1.29 is 9.26 Å². The summed E-state index contributed by atoms with van der Waals surface area (Å²) in [5.74, 6) is 2.07. The summed E-state index contributed by atoms with van der Waals surface area (Å²) in [4.78, 5) is 4.15. The van der Waals surface area contributed by atoms with E-state index in [1.54, 1.807) is 6.92 Å². The zero-order valence-electron chi connectivity index (χ0n) is 11.2. The number of nitrogens with zero attached hydrogens (tertiary/aromatic N) is 2. The molecule has 0 spiro atoms. The third-order valence-electron chi connectivity index (χ3n) is 2.54. The van der Waals surface area contributed by atoms with E-state index in [-0.39, 0.29) is 0 Å². The molecule has 0 saturated carbocycles. The Hall–Kier alpha value is -0.920. The molecular weight excluding hydrogens is 390 g/mol. The Morgan fingerprint density at radius 2 is 2.10 bits per heavy atom. The summed E-state index contributed by atoms with van der Waals surface area (Å²) < 4.78 is 12.5. The molecule has 0 atom stereocenters. The SMILES string of the molecule is CCOc1c(Br)cc(Br)cc1CNCc1noc(C)n1. The molecule has 1 heterocycles. The fourth-order valence-electron chi connectivity index (χ4n) is 1.77. The van der Waals surface area contributed by atoms with Gasteiger partial charge in [0.05, 0.1) is 17.6 Å². The number of halogens is 2. The highest BCUT2D eigenvalue weighted by molar-refractivity contribution is 9.11. The van der Waals surface area contributed by atoms with Crippen molar-refractivity contribution >= 4 is 31.9 Å². The topological polar surface area (TPSA) is 60.2 Å². The largest absolute Gasteiger partial charge is 0.492 e. The van der Waals surface area contributed by atoms with Crippen LogP contribution < -0.4 is 10.1 Å². The van der Waals surface area contributed by atoms with Crippen molar-refractivity contribution in [1.82, 2.24) is 15.5 Å². The van der Waals surface area contributed by atoms with Gasteiger partial charge in [0.1, 0.15) is 5.75 Å². The first-order chi connectivity index (χ1) is 9.60. The lowest BCUT2D eigenvalue weighted by Crippen LogP contribution is -2.15. The van der Waals surface area contributed by atoms with E-state index < -0.39 is 0 Å². The quantitative estimate of drug-likeness (QED) is 0.797. The molecule has 0 amide bonds. The summed E-state index contributed by atoms with van der Waals surface area (Å²) in [6.07, 6.45) is 0. The fourth-order valence-corrected chi connectivity index (χ4v) is 3.20. The minimum absolute atomic E-state index is 0.549. The summed E-state index contributed by atoms with van der Waals surface area (Å²) in [6.45, 7) is 5.56. The molecule has 0 bridgehead atoms. The Morgan fingerprint density at radius 1 is 1.30 bits per heavy atom. The molecule has 5 nitrogen and oxygen atoms in total. The molecule has 2 aromatic rings. The molecule has 2 rings (SSSR count). The van der Waals surface area contributed by atoms with Crippen molar-refractivity contribution in [2.45, 2.75) is 26.9 Å². The maximum atomic E-state index is 5.67. The number of aryl methyl sites for hydroxylation is 1. The first kappa shape index (κ1) is 15.5. The molecule has 0 radical (unpaired) electrons. The number of benzene rings is 1. The zero-order chi connectivity index (χ0) is 14.5. The molecular formula is C13H15Br2N3O2. The van der Waals surface area contributed by atoms with Crippen molar-refractivity contribution in [2.75, 3.05) is 6.61 Å². The van der Waals surface area contributed by atoms with Crippen LogP contribution in [0, 0.1) is 6.92 Å². The van der Waals surface area contributed by atoms with E-state index in [4.69, 9.17) is 9.26 Å². The van der Waals surface area contributed by atoms with Crippen molar-refractivity contribution in [3.8, 4) is 5.75 Å². The first-order valence-corrected chi connectivity index (χ1v) is 7.79. The second kappa shape index (κ2) is 7.19. The summed E-state index contributed by atoms with van der Waals surface area (Å²) in [6, 6.07) is 4.00. The van der Waals surface area contributed by atoms with Gasteiger partial charge in [0.2, 0.25) is 5.89 Å². The van der Waals surface area contributed by atoms with E-state index in [1.165, 1.54) is 0 Å². The Morgan fingerprint density at radius 3 is 2.75 bits per heavy atom. The van der Waals surface area contributed by atoms with Crippen LogP contribution in [0.1, 0.15) is 24.2 Å². The van der Waals surface area contributed by atoms with Gasteiger partial charge >= 0.3 is 0 Å². The van der Waals surface area contributed by atoms with E-state index in [0.717, 1.165) is 20.3 Å². The van der Waals surface area contributed by atoms with Crippen LogP contribution in [0.2, 0.25) is 0 Å². The predicted octanol–water partition coefficient (Wildman–Crippen LogP) is 3.59. The van der Waals surface area contributed by atoms with Gasteiger partial charge in [-0.15, -0.1) is 0 Å². The maximum Gasteiger partial charge on any atom is 0.223 e. The minimum Gasteiger partial charge on any atom is -0.492 e. The van der Waals surface area contributed by atoms with Crippen molar-refractivity contribution in [3.63, 3.8) is 0 Å². The number of hydrogen-bond donors (Lipinski definition) is 1. The molecule has 0 aliphatic carbocycles. The lowest BCUT2D eigenvalue weighted by atomic mass is 10.2. The molecule has 1 aromatic carbocycles. The highest BCUT2D eigenvalue weighted by Gasteiger charge is 2.10. The minimum atomic E-state index is 0.549. The van der Waals surface area contributed by atoms with Crippen LogP contribution in [0.25, 0.3) is 0 Å². The summed E-state index contributed by atoms with van der Waals surface area (Å²) in [5, 5.41) is 7.12. The van der Waals surface area contributed by atoms with Gasteiger partial charge in [0.15, 0.2) is 5.82 Å². The molecule has 1 N–H and O–H groups in total. The number of nitrogens with one attached hydrogen (secondary N) is 1. The smallest absolute Gasteiger partial charge is 0.223 e. The van der Waals surface area contributed by atoms with Gasteiger partial charge in [-0.25, -0.2) is 0 Å². The first-order valence-electron chi connectivity index (χ1n) is 6.20. The van der Waals surface area contributed by atoms with E-state index in [1.807, 2.05) is 19.1 Å². The maximum absolute atomic E-state index is 5.67. The summed E-state index contributed by atoms with van der Waals surface area (Å²) >= 11 is 7.00. The highest BCUT2D eigenvalue weighted by Crippen LogP contribution is 2.32. The van der Waals surface area contributed by atoms with Crippen molar-refractivity contribution in [1.29, 1.82) is 0 Å². The lowest BCUT2D eigenvalue weighted by molar-refractivity contribution is 0.333. The molecule has 20 heavy (non-hydrogen) atoms. The van der Waals surface area contributed by atoms with Gasteiger partial charge in [-0.2, -0.15) is 4.98 Å². The standard InChI is InChI=1S/C13H15Br2N3O2/c1-3-19-13-9(4-10(14)5-11(13)15)6-16-7-12-17-8(2)20-18-12/h4-5,16H,3,6-7H2,1-2H3. The van der Waals surface area contributed by atoms with E-state index in [0.29, 0.717) is 31.4 Å². The predicted molar refractivity (Wildman–Crippen MR) is 82.6 cm³/mol. The Kier molecular flexibility index (Phi) is 5.56.